The number of urea groups is 1. The summed E-state index contributed by atoms with van der Waals surface area (Å²) in [5.41, 5.74) is 3.94. The number of anilines is 1. The normalized spacial score (nSPS) is 15.0. The lowest BCUT2D eigenvalue weighted by atomic mass is 9.95. The third-order valence-electron chi connectivity index (χ3n) is 6.55. The molecule has 0 unspecified atom stereocenters. The molecule has 2 aromatic heterocycles. The molecule has 5 rings (SSSR count). The second kappa shape index (κ2) is 10.6. The molecule has 0 radical (unpaired) electrons. The van der Waals surface area contributed by atoms with E-state index < -0.39 is 11.6 Å². The topological polar surface area (TPSA) is 79.5 Å². The Morgan fingerprint density at radius 3 is 2.68 bits per heavy atom. The summed E-state index contributed by atoms with van der Waals surface area (Å²) in [5.74, 6) is -0.676. The van der Waals surface area contributed by atoms with E-state index in [2.05, 4.69) is 16.0 Å². The van der Waals surface area contributed by atoms with Gasteiger partial charge in [-0.1, -0.05) is 12.1 Å². The molecule has 37 heavy (non-hydrogen) atoms. The Morgan fingerprint density at radius 1 is 1.08 bits per heavy atom. The molecule has 3 N–H and O–H groups in total. The molecule has 196 valence electrons. The molecule has 1 aliphatic carbocycles. The lowest BCUT2D eigenvalue weighted by Gasteiger charge is -2.21. The smallest absolute Gasteiger partial charge is 0.341 e. The minimum absolute atomic E-state index is 0.282. The van der Waals surface area contributed by atoms with Crippen LogP contribution in [0.5, 0.6) is 0 Å². The third kappa shape index (κ3) is 5.73. The van der Waals surface area contributed by atoms with E-state index in [0.717, 1.165) is 71.6 Å². The SMILES string of the molecule is CC(C)(C)OC(=O)c1c(NC(=O)NCc2c(-c3cccc(F)c3)sc3c2CCNC3)sc2c1CCCC2. The molecule has 9 heteroatoms. The van der Waals surface area contributed by atoms with Crippen molar-refractivity contribution >= 4 is 39.7 Å². The first-order valence-electron chi connectivity index (χ1n) is 12.7. The zero-order chi connectivity index (χ0) is 26.2. The standard InChI is InChI=1S/C28H32FN3O3S2/c1-28(2,3)35-26(33)23-19-9-4-5-10-21(19)37-25(23)32-27(34)31-14-20-18-11-12-30-15-22(18)36-24(20)16-7-6-8-17(29)13-16/h6-8,13,30H,4-5,9-12,14-15H2,1-3H3,(H2,31,32,34). The number of carbonyl (C=O) groups excluding carboxylic acids is 2. The van der Waals surface area contributed by atoms with Crippen LogP contribution in [0.1, 0.15) is 70.4 Å². The van der Waals surface area contributed by atoms with Crippen molar-refractivity contribution in [2.24, 2.45) is 0 Å². The number of fused-ring (bicyclic) bond motifs is 2. The average Bonchev–Trinajstić information content (AvgIpc) is 3.39. The number of benzene rings is 1. The maximum absolute atomic E-state index is 14.0. The molecule has 6 nitrogen and oxygen atoms in total. The van der Waals surface area contributed by atoms with Crippen LogP contribution in [0, 0.1) is 5.82 Å². The molecule has 0 saturated heterocycles. The molecule has 3 heterocycles. The van der Waals surface area contributed by atoms with E-state index in [1.54, 1.807) is 17.4 Å². The van der Waals surface area contributed by atoms with Gasteiger partial charge in [0.25, 0.3) is 0 Å². The van der Waals surface area contributed by atoms with Crippen LogP contribution in [-0.2, 0) is 37.1 Å². The molecule has 0 atom stereocenters. The van der Waals surface area contributed by atoms with Crippen LogP contribution < -0.4 is 16.0 Å². The molecular weight excluding hydrogens is 509 g/mol. The zero-order valence-corrected chi connectivity index (χ0v) is 23.0. The summed E-state index contributed by atoms with van der Waals surface area (Å²) in [6.07, 6.45) is 4.68. The molecule has 3 aromatic rings. The van der Waals surface area contributed by atoms with E-state index >= 15 is 0 Å². The van der Waals surface area contributed by atoms with Crippen LogP contribution in [0.3, 0.4) is 0 Å². The van der Waals surface area contributed by atoms with Crippen molar-refractivity contribution in [1.29, 1.82) is 0 Å². The first kappa shape index (κ1) is 25.9. The Balaban J connectivity index is 1.38. The van der Waals surface area contributed by atoms with Crippen LogP contribution in [-0.4, -0.2) is 24.1 Å². The van der Waals surface area contributed by atoms with E-state index in [1.807, 2.05) is 26.8 Å². The van der Waals surface area contributed by atoms with Crippen LogP contribution >= 0.6 is 22.7 Å². The van der Waals surface area contributed by atoms with E-state index in [9.17, 15) is 14.0 Å². The maximum Gasteiger partial charge on any atom is 0.341 e. The third-order valence-corrected chi connectivity index (χ3v) is 9.08. The molecule has 0 spiro atoms. The second-order valence-electron chi connectivity index (χ2n) is 10.5. The minimum Gasteiger partial charge on any atom is -0.456 e. The van der Waals surface area contributed by atoms with Gasteiger partial charge in [0.15, 0.2) is 0 Å². The van der Waals surface area contributed by atoms with E-state index in [0.29, 0.717) is 17.1 Å². The summed E-state index contributed by atoms with van der Waals surface area (Å²) in [7, 11) is 0. The summed E-state index contributed by atoms with van der Waals surface area (Å²) >= 11 is 3.12. The number of amides is 2. The van der Waals surface area contributed by atoms with Gasteiger partial charge in [0.1, 0.15) is 16.4 Å². The number of esters is 1. The second-order valence-corrected chi connectivity index (χ2v) is 12.7. The van der Waals surface area contributed by atoms with Crippen molar-refractivity contribution in [3.8, 4) is 10.4 Å². The monoisotopic (exact) mass is 541 g/mol. The number of ether oxygens (including phenoxy) is 1. The fraction of sp³-hybridized carbons (Fsp3) is 0.429. The summed E-state index contributed by atoms with van der Waals surface area (Å²) in [6.45, 7) is 7.49. The van der Waals surface area contributed by atoms with E-state index in [-0.39, 0.29) is 11.8 Å². The Bertz CT molecular complexity index is 1340. The fourth-order valence-corrected chi connectivity index (χ4v) is 7.57. The number of halogens is 1. The summed E-state index contributed by atoms with van der Waals surface area (Å²) < 4.78 is 19.7. The fourth-order valence-electron chi connectivity index (χ4n) is 4.96. The highest BCUT2D eigenvalue weighted by atomic mass is 32.1. The van der Waals surface area contributed by atoms with Crippen molar-refractivity contribution < 1.29 is 18.7 Å². The van der Waals surface area contributed by atoms with Gasteiger partial charge in [-0.25, -0.2) is 14.0 Å². The van der Waals surface area contributed by atoms with Gasteiger partial charge < -0.3 is 15.4 Å². The predicted octanol–water partition coefficient (Wildman–Crippen LogP) is 6.42. The Kier molecular flexibility index (Phi) is 7.38. The number of hydrogen-bond acceptors (Lipinski definition) is 6. The lowest BCUT2D eigenvalue weighted by molar-refractivity contribution is 0.00699. The van der Waals surface area contributed by atoms with Crippen molar-refractivity contribution in [1.82, 2.24) is 10.6 Å². The maximum atomic E-state index is 14.0. The molecule has 0 saturated carbocycles. The minimum atomic E-state index is -0.625. The molecule has 1 aliphatic heterocycles. The Morgan fingerprint density at radius 2 is 1.89 bits per heavy atom. The van der Waals surface area contributed by atoms with Crippen molar-refractivity contribution in [3.63, 3.8) is 0 Å². The van der Waals surface area contributed by atoms with Gasteiger partial charge in [-0.2, -0.15) is 0 Å². The number of carbonyl (C=O) groups is 2. The highest BCUT2D eigenvalue weighted by Gasteiger charge is 2.30. The summed E-state index contributed by atoms with van der Waals surface area (Å²) in [6, 6.07) is 6.22. The number of thiophene rings is 2. The first-order valence-corrected chi connectivity index (χ1v) is 14.4. The molecule has 0 fully saturated rings. The summed E-state index contributed by atoms with van der Waals surface area (Å²) in [5, 5.41) is 9.88. The molecule has 0 bridgehead atoms. The quantitative estimate of drug-likeness (QED) is 0.326. The van der Waals surface area contributed by atoms with Crippen LogP contribution in [0.15, 0.2) is 24.3 Å². The highest BCUT2D eigenvalue weighted by Crippen LogP contribution is 2.40. The van der Waals surface area contributed by atoms with Crippen molar-refractivity contribution in [2.75, 3.05) is 11.9 Å². The predicted molar refractivity (Wildman–Crippen MR) is 147 cm³/mol. The number of nitrogens with one attached hydrogen (secondary N) is 3. The van der Waals surface area contributed by atoms with Crippen LogP contribution in [0.2, 0.25) is 0 Å². The van der Waals surface area contributed by atoms with Crippen LogP contribution in [0.25, 0.3) is 10.4 Å². The first-order chi connectivity index (χ1) is 17.7. The number of aryl methyl sites for hydroxylation is 1. The Hall–Kier alpha value is -2.75. The summed E-state index contributed by atoms with van der Waals surface area (Å²) in [4.78, 5) is 29.6. The lowest BCUT2D eigenvalue weighted by Crippen LogP contribution is -2.30. The van der Waals surface area contributed by atoms with Gasteiger partial charge in [0.05, 0.1) is 5.56 Å². The van der Waals surface area contributed by atoms with Crippen molar-refractivity contribution in [2.45, 2.75) is 71.6 Å². The zero-order valence-electron chi connectivity index (χ0n) is 21.4. The molecule has 2 amide bonds. The number of rotatable bonds is 5. The highest BCUT2D eigenvalue weighted by molar-refractivity contribution is 7.17. The molecular formula is C28H32FN3O3S2. The van der Waals surface area contributed by atoms with Gasteiger partial charge in [-0.15, -0.1) is 22.7 Å². The van der Waals surface area contributed by atoms with Gasteiger partial charge in [0.2, 0.25) is 0 Å². The number of hydrogen-bond donors (Lipinski definition) is 3. The Labute approximate surface area is 224 Å². The van der Waals surface area contributed by atoms with Crippen molar-refractivity contribution in [3.05, 3.63) is 62.1 Å². The van der Waals surface area contributed by atoms with Gasteiger partial charge in [-0.05, 0) is 93.8 Å². The van der Waals surface area contributed by atoms with Gasteiger partial charge in [-0.3, -0.25) is 5.32 Å². The molecule has 1 aromatic carbocycles. The largest absolute Gasteiger partial charge is 0.456 e. The molecule has 2 aliphatic rings. The van der Waals surface area contributed by atoms with Gasteiger partial charge >= 0.3 is 12.0 Å². The van der Waals surface area contributed by atoms with Gasteiger partial charge in [0, 0.05) is 27.7 Å². The van der Waals surface area contributed by atoms with E-state index in [4.69, 9.17) is 4.74 Å². The van der Waals surface area contributed by atoms with Crippen LogP contribution in [0.4, 0.5) is 14.2 Å². The average molecular weight is 542 g/mol. The van der Waals surface area contributed by atoms with E-state index in [1.165, 1.54) is 33.9 Å².